The van der Waals surface area contributed by atoms with Gasteiger partial charge >= 0.3 is 0 Å². The van der Waals surface area contributed by atoms with Crippen molar-refractivity contribution in [3.63, 3.8) is 0 Å². The number of carbonyl (C=O) groups is 1. The number of benzene rings is 2. The van der Waals surface area contributed by atoms with Gasteiger partial charge in [0.15, 0.2) is 16.7 Å². The number of hydrogen-bond donors (Lipinski definition) is 0. The molecule has 1 heterocycles. The molecule has 2 aromatic carbocycles. The zero-order chi connectivity index (χ0) is 21.7. The SMILES string of the molecule is C#CCOc1ccc(/C=C2/SC(=Nc3ccc(C)c(C)c3)N(CC)C2=O)cc1OC. The third-order valence-electron chi connectivity index (χ3n) is 4.72. The molecule has 5 nitrogen and oxygen atoms in total. The van der Waals surface area contributed by atoms with Crippen LogP contribution >= 0.6 is 11.8 Å². The van der Waals surface area contributed by atoms with E-state index in [2.05, 4.69) is 19.8 Å². The van der Waals surface area contributed by atoms with E-state index in [4.69, 9.17) is 20.9 Å². The second-order valence-electron chi connectivity index (χ2n) is 6.73. The number of aryl methyl sites for hydroxylation is 2. The molecule has 0 atom stereocenters. The highest BCUT2D eigenvalue weighted by Gasteiger charge is 2.32. The first-order valence-electron chi connectivity index (χ1n) is 9.58. The average Bonchev–Trinajstić information content (AvgIpc) is 3.03. The first-order chi connectivity index (χ1) is 14.5. The number of aliphatic imine (C=N–C) groups is 1. The van der Waals surface area contributed by atoms with Crippen molar-refractivity contribution in [2.45, 2.75) is 20.8 Å². The van der Waals surface area contributed by atoms with Gasteiger partial charge in [-0.2, -0.15) is 0 Å². The second kappa shape index (κ2) is 9.55. The number of hydrogen-bond acceptors (Lipinski definition) is 5. The predicted octanol–water partition coefficient (Wildman–Crippen LogP) is 4.95. The summed E-state index contributed by atoms with van der Waals surface area (Å²) >= 11 is 1.37. The highest BCUT2D eigenvalue weighted by molar-refractivity contribution is 8.18. The van der Waals surface area contributed by atoms with Crippen molar-refractivity contribution in [1.82, 2.24) is 4.90 Å². The normalized spacial score (nSPS) is 16.2. The smallest absolute Gasteiger partial charge is 0.266 e. The topological polar surface area (TPSA) is 51.1 Å². The standard InChI is InChI=1S/C24H24N2O3S/c1-6-12-29-20-11-9-18(14-21(20)28-5)15-22-23(27)26(7-2)24(30-22)25-19-10-8-16(3)17(4)13-19/h1,8-11,13-15H,7,12H2,2-5H3/b22-15+,25-24?. The summed E-state index contributed by atoms with van der Waals surface area (Å²) in [5.74, 6) is 3.50. The van der Waals surface area contributed by atoms with Crippen molar-refractivity contribution in [3.05, 3.63) is 58.0 Å². The van der Waals surface area contributed by atoms with Gasteiger partial charge in [-0.05, 0) is 79.6 Å². The minimum absolute atomic E-state index is 0.0586. The summed E-state index contributed by atoms with van der Waals surface area (Å²) in [5, 5.41) is 0.679. The van der Waals surface area contributed by atoms with E-state index < -0.39 is 0 Å². The summed E-state index contributed by atoms with van der Waals surface area (Å²) in [6, 6.07) is 11.5. The van der Waals surface area contributed by atoms with Crippen molar-refractivity contribution in [2.24, 2.45) is 4.99 Å². The molecule has 0 radical (unpaired) electrons. The van der Waals surface area contributed by atoms with Crippen LogP contribution in [0.4, 0.5) is 5.69 Å². The number of terminal acetylenes is 1. The largest absolute Gasteiger partial charge is 0.493 e. The molecule has 1 aliphatic heterocycles. The van der Waals surface area contributed by atoms with Gasteiger partial charge in [0.25, 0.3) is 5.91 Å². The maximum Gasteiger partial charge on any atom is 0.266 e. The van der Waals surface area contributed by atoms with Crippen LogP contribution in [0.1, 0.15) is 23.6 Å². The van der Waals surface area contributed by atoms with E-state index in [1.54, 1.807) is 18.1 Å². The van der Waals surface area contributed by atoms with Crippen molar-refractivity contribution in [2.75, 3.05) is 20.3 Å². The van der Waals surface area contributed by atoms with Crippen molar-refractivity contribution in [1.29, 1.82) is 0 Å². The zero-order valence-corrected chi connectivity index (χ0v) is 18.4. The van der Waals surface area contributed by atoms with Gasteiger partial charge in [0.1, 0.15) is 6.61 Å². The number of amidine groups is 1. The third kappa shape index (κ3) is 4.69. The van der Waals surface area contributed by atoms with E-state index in [1.807, 2.05) is 43.3 Å². The second-order valence-corrected chi connectivity index (χ2v) is 7.74. The van der Waals surface area contributed by atoms with Crippen LogP contribution in [0.2, 0.25) is 0 Å². The van der Waals surface area contributed by atoms with Crippen LogP contribution in [0.25, 0.3) is 6.08 Å². The van der Waals surface area contributed by atoms with Crippen molar-refractivity contribution in [3.8, 4) is 23.8 Å². The van der Waals surface area contributed by atoms with Crippen LogP contribution in [-0.4, -0.2) is 36.2 Å². The summed E-state index contributed by atoms with van der Waals surface area (Å²) in [7, 11) is 1.57. The Balaban J connectivity index is 1.90. The highest BCUT2D eigenvalue weighted by atomic mass is 32.2. The predicted molar refractivity (Wildman–Crippen MR) is 123 cm³/mol. The Labute approximate surface area is 181 Å². The number of nitrogens with zero attached hydrogens (tertiary/aromatic N) is 2. The molecular formula is C24H24N2O3S. The summed E-state index contributed by atoms with van der Waals surface area (Å²) in [4.78, 5) is 19.9. The number of rotatable bonds is 6. The van der Waals surface area contributed by atoms with Crippen molar-refractivity contribution < 1.29 is 14.3 Å². The molecule has 0 aliphatic carbocycles. The third-order valence-corrected chi connectivity index (χ3v) is 5.72. The number of thioether (sulfide) groups is 1. The van der Waals surface area contributed by atoms with Gasteiger partial charge in [-0.1, -0.05) is 18.1 Å². The van der Waals surface area contributed by atoms with Gasteiger partial charge in [0.05, 0.1) is 17.7 Å². The van der Waals surface area contributed by atoms with Gasteiger partial charge in [0, 0.05) is 6.54 Å². The molecule has 154 valence electrons. The molecule has 3 rings (SSSR count). The van der Waals surface area contributed by atoms with E-state index in [0.717, 1.165) is 11.3 Å². The van der Waals surface area contributed by atoms with E-state index in [1.165, 1.54) is 22.9 Å². The fourth-order valence-corrected chi connectivity index (χ4v) is 4.00. The molecule has 0 aromatic heterocycles. The van der Waals surface area contributed by atoms with Crippen LogP contribution in [0.3, 0.4) is 0 Å². The molecule has 1 saturated heterocycles. The summed E-state index contributed by atoms with van der Waals surface area (Å²) in [5.41, 5.74) is 4.05. The number of carbonyl (C=O) groups excluding carboxylic acids is 1. The zero-order valence-electron chi connectivity index (χ0n) is 17.6. The number of amides is 1. The molecule has 0 unspecified atom stereocenters. The monoisotopic (exact) mass is 420 g/mol. The summed E-state index contributed by atoms with van der Waals surface area (Å²) in [6.45, 7) is 6.78. The highest BCUT2D eigenvalue weighted by Crippen LogP contribution is 2.36. The Bertz CT molecular complexity index is 1070. The molecule has 1 amide bonds. The molecule has 6 heteroatoms. The number of ether oxygens (including phenoxy) is 2. The van der Waals surface area contributed by atoms with Gasteiger partial charge in [-0.15, -0.1) is 6.42 Å². The summed E-state index contributed by atoms with van der Waals surface area (Å²) in [6.07, 6.45) is 7.09. The maximum atomic E-state index is 12.9. The van der Waals surface area contributed by atoms with E-state index in [0.29, 0.717) is 28.1 Å². The van der Waals surface area contributed by atoms with E-state index in [-0.39, 0.29) is 12.5 Å². The van der Waals surface area contributed by atoms with E-state index >= 15 is 0 Å². The van der Waals surface area contributed by atoms with Crippen LogP contribution < -0.4 is 9.47 Å². The Hall–Kier alpha value is -3.17. The Morgan fingerprint density at radius 2 is 1.97 bits per heavy atom. The molecule has 2 aromatic rings. The lowest BCUT2D eigenvalue weighted by atomic mass is 10.1. The fourth-order valence-electron chi connectivity index (χ4n) is 2.94. The molecule has 1 aliphatic rings. The quantitative estimate of drug-likeness (QED) is 0.490. The Morgan fingerprint density at radius 3 is 2.63 bits per heavy atom. The van der Waals surface area contributed by atoms with Gasteiger partial charge < -0.3 is 9.47 Å². The molecular weight excluding hydrogens is 396 g/mol. The molecule has 0 N–H and O–H groups in total. The molecule has 1 fully saturated rings. The minimum Gasteiger partial charge on any atom is -0.493 e. The Kier molecular flexibility index (Phi) is 6.86. The fraction of sp³-hybridized carbons (Fsp3) is 0.250. The van der Waals surface area contributed by atoms with Crippen LogP contribution in [0.5, 0.6) is 11.5 Å². The van der Waals surface area contributed by atoms with Gasteiger partial charge in [-0.3, -0.25) is 9.69 Å². The lowest BCUT2D eigenvalue weighted by Crippen LogP contribution is -2.28. The maximum absolute atomic E-state index is 12.9. The lowest BCUT2D eigenvalue weighted by molar-refractivity contribution is -0.122. The first-order valence-corrected chi connectivity index (χ1v) is 10.4. The van der Waals surface area contributed by atoms with Crippen LogP contribution in [-0.2, 0) is 4.79 Å². The number of likely N-dealkylation sites (N-methyl/N-ethyl adjacent to an activating group) is 1. The van der Waals surface area contributed by atoms with Gasteiger partial charge in [-0.25, -0.2) is 4.99 Å². The van der Waals surface area contributed by atoms with Crippen molar-refractivity contribution >= 4 is 34.6 Å². The van der Waals surface area contributed by atoms with E-state index in [9.17, 15) is 4.79 Å². The van der Waals surface area contributed by atoms with Gasteiger partial charge in [0.2, 0.25) is 0 Å². The average molecular weight is 421 g/mol. The molecule has 0 spiro atoms. The molecule has 0 saturated carbocycles. The van der Waals surface area contributed by atoms with Crippen LogP contribution in [0, 0.1) is 26.2 Å². The van der Waals surface area contributed by atoms with Crippen LogP contribution in [0.15, 0.2) is 46.3 Å². The number of methoxy groups -OCH3 is 1. The first kappa shape index (κ1) is 21.5. The molecule has 0 bridgehead atoms. The summed E-state index contributed by atoms with van der Waals surface area (Å²) < 4.78 is 10.9. The Morgan fingerprint density at radius 1 is 1.17 bits per heavy atom. The molecule has 30 heavy (non-hydrogen) atoms. The lowest BCUT2D eigenvalue weighted by Gasteiger charge is -2.12. The minimum atomic E-state index is -0.0586.